The van der Waals surface area contributed by atoms with Crippen LogP contribution in [0.15, 0.2) is 53.3 Å². The highest BCUT2D eigenvalue weighted by molar-refractivity contribution is 5.90. The lowest BCUT2D eigenvalue weighted by molar-refractivity contribution is 0.0729. The van der Waals surface area contributed by atoms with Crippen LogP contribution in [-0.2, 0) is 12.8 Å². The summed E-state index contributed by atoms with van der Waals surface area (Å²) in [7, 11) is 6.28. The number of ether oxygens (including phenoxy) is 5. The highest BCUT2D eigenvalue weighted by atomic mass is 16.6. The number of carbonyl (C=O) groups excluding carboxylic acids is 1. The second-order valence-electron chi connectivity index (χ2n) is 6.42. The van der Waals surface area contributed by atoms with Crippen LogP contribution in [0, 0.1) is 0 Å². The van der Waals surface area contributed by atoms with Crippen molar-refractivity contribution in [2.75, 3.05) is 28.4 Å². The molecule has 0 amide bonds. The van der Waals surface area contributed by atoms with E-state index in [0.717, 1.165) is 17.5 Å². The molecule has 0 N–H and O–H groups in total. The minimum absolute atomic E-state index is 0.333. The SMILES string of the molecule is COc1ccc(CCc2cc(OC)c(OC)c(OC)c2)cc1OC(=O)c1ccoc1. The third kappa shape index (κ3) is 4.68. The fourth-order valence-electron chi connectivity index (χ4n) is 3.06. The lowest BCUT2D eigenvalue weighted by Crippen LogP contribution is -2.08. The zero-order chi connectivity index (χ0) is 21.5. The number of hydrogen-bond acceptors (Lipinski definition) is 7. The first-order valence-electron chi connectivity index (χ1n) is 9.29. The van der Waals surface area contributed by atoms with Gasteiger partial charge < -0.3 is 28.1 Å². The number of rotatable bonds is 9. The number of carbonyl (C=O) groups is 1. The van der Waals surface area contributed by atoms with E-state index in [9.17, 15) is 4.79 Å². The summed E-state index contributed by atoms with van der Waals surface area (Å²) in [6.45, 7) is 0. The van der Waals surface area contributed by atoms with E-state index in [2.05, 4.69) is 0 Å². The molecule has 3 rings (SSSR count). The maximum Gasteiger partial charge on any atom is 0.346 e. The standard InChI is InChI=1S/C23H24O7/c1-25-18-8-7-15(11-19(18)30-23(24)17-9-10-29-14-17)5-6-16-12-20(26-2)22(28-4)21(13-16)27-3/h7-14H,5-6H2,1-4H3. The Kier molecular flexibility index (Phi) is 6.85. The summed E-state index contributed by atoms with van der Waals surface area (Å²) >= 11 is 0. The molecule has 1 aromatic heterocycles. The monoisotopic (exact) mass is 412 g/mol. The van der Waals surface area contributed by atoms with Crippen molar-refractivity contribution >= 4 is 5.97 Å². The van der Waals surface area contributed by atoms with Crippen molar-refractivity contribution in [1.82, 2.24) is 0 Å². The Balaban J connectivity index is 1.78. The maximum atomic E-state index is 12.3. The van der Waals surface area contributed by atoms with Gasteiger partial charge in [-0.1, -0.05) is 6.07 Å². The highest BCUT2D eigenvalue weighted by Crippen LogP contribution is 2.38. The van der Waals surface area contributed by atoms with Gasteiger partial charge in [0.15, 0.2) is 23.0 Å². The third-order valence-electron chi connectivity index (χ3n) is 4.61. The highest BCUT2D eigenvalue weighted by Gasteiger charge is 2.16. The van der Waals surface area contributed by atoms with Crippen molar-refractivity contribution in [2.24, 2.45) is 0 Å². The summed E-state index contributed by atoms with van der Waals surface area (Å²) in [5.74, 6) is 2.09. The summed E-state index contributed by atoms with van der Waals surface area (Å²) < 4.78 is 31.9. The molecule has 7 heteroatoms. The molecule has 30 heavy (non-hydrogen) atoms. The molecular formula is C23H24O7. The summed E-state index contributed by atoms with van der Waals surface area (Å²) in [6, 6.07) is 10.9. The van der Waals surface area contributed by atoms with E-state index in [1.54, 1.807) is 39.5 Å². The van der Waals surface area contributed by atoms with Gasteiger partial charge in [0.25, 0.3) is 0 Å². The van der Waals surface area contributed by atoms with Gasteiger partial charge in [-0.05, 0) is 54.3 Å². The Bertz CT molecular complexity index is 968. The second-order valence-corrected chi connectivity index (χ2v) is 6.42. The molecule has 0 bridgehead atoms. The molecule has 0 aliphatic rings. The van der Waals surface area contributed by atoms with E-state index >= 15 is 0 Å². The summed E-state index contributed by atoms with van der Waals surface area (Å²) in [5.41, 5.74) is 2.34. The van der Waals surface area contributed by atoms with Crippen molar-refractivity contribution in [1.29, 1.82) is 0 Å². The van der Waals surface area contributed by atoms with Gasteiger partial charge in [-0.2, -0.15) is 0 Å². The quantitative estimate of drug-likeness (QED) is 0.383. The minimum atomic E-state index is -0.510. The average Bonchev–Trinajstić information content (AvgIpc) is 3.32. The van der Waals surface area contributed by atoms with Crippen LogP contribution in [0.1, 0.15) is 21.5 Å². The van der Waals surface area contributed by atoms with Gasteiger partial charge in [0.05, 0.1) is 40.3 Å². The topological polar surface area (TPSA) is 76.4 Å². The number of benzene rings is 2. The fraction of sp³-hybridized carbons (Fsp3) is 0.261. The number of methoxy groups -OCH3 is 4. The smallest absolute Gasteiger partial charge is 0.346 e. The lowest BCUT2D eigenvalue weighted by atomic mass is 10.0. The number of hydrogen-bond donors (Lipinski definition) is 0. The Labute approximate surface area is 175 Å². The van der Waals surface area contributed by atoms with E-state index < -0.39 is 5.97 Å². The number of furan rings is 1. The van der Waals surface area contributed by atoms with Crippen LogP contribution >= 0.6 is 0 Å². The molecule has 0 radical (unpaired) electrons. The van der Waals surface area contributed by atoms with Crippen LogP contribution < -0.4 is 23.7 Å². The fourth-order valence-corrected chi connectivity index (χ4v) is 3.06. The molecule has 158 valence electrons. The van der Waals surface area contributed by atoms with Crippen molar-refractivity contribution in [3.05, 3.63) is 65.6 Å². The predicted molar refractivity (Wildman–Crippen MR) is 110 cm³/mol. The molecule has 0 aliphatic carbocycles. The Morgan fingerprint density at radius 2 is 1.40 bits per heavy atom. The van der Waals surface area contributed by atoms with Crippen LogP contribution in [0.3, 0.4) is 0 Å². The van der Waals surface area contributed by atoms with Crippen molar-refractivity contribution < 1.29 is 32.9 Å². The van der Waals surface area contributed by atoms with Crippen molar-refractivity contribution in [3.8, 4) is 28.7 Å². The molecule has 2 aromatic carbocycles. The van der Waals surface area contributed by atoms with Gasteiger partial charge in [-0.15, -0.1) is 0 Å². The first kappa shape index (κ1) is 21.1. The van der Waals surface area contributed by atoms with Crippen LogP contribution in [-0.4, -0.2) is 34.4 Å². The molecule has 3 aromatic rings. The maximum absolute atomic E-state index is 12.3. The zero-order valence-corrected chi connectivity index (χ0v) is 17.4. The first-order chi connectivity index (χ1) is 14.6. The molecule has 0 atom stereocenters. The summed E-state index contributed by atoms with van der Waals surface area (Å²) in [5, 5.41) is 0. The van der Waals surface area contributed by atoms with E-state index in [-0.39, 0.29) is 0 Å². The normalized spacial score (nSPS) is 10.4. The molecule has 0 fully saturated rings. The molecular weight excluding hydrogens is 388 g/mol. The Hall–Kier alpha value is -3.61. The Morgan fingerprint density at radius 1 is 0.767 bits per heavy atom. The van der Waals surface area contributed by atoms with E-state index in [0.29, 0.717) is 40.7 Å². The number of esters is 1. The van der Waals surface area contributed by atoms with Crippen molar-refractivity contribution in [2.45, 2.75) is 12.8 Å². The number of aryl methyl sites for hydroxylation is 2. The predicted octanol–water partition coefficient (Wildman–Crippen LogP) is 4.32. The molecule has 0 saturated heterocycles. The van der Waals surface area contributed by atoms with E-state index in [1.165, 1.54) is 19.6 Å². The van der Waals surface area contributed by atoms with Gasteiger partial charge in [-0.3, -0.25) is 0 Å². The van der Waals surface area contributed by atoms with Crippen molar-refractivity contribution in [3.63, 3.8) is 0 Å². The molecule has 7 nitrogen and oxygen atoms in total. The molecule has 0 saturated carbocycles. The third-order valence-corrected chi connectivity index (χ3v) is 4.61. The first-order valence-corrected chi connectivity index (χ1v) is 9.29. The molecule has 0 spiro atoms. The van der Waals surface area contributed by atoms with Gasteiger partial charge in [0, 0.05) is 0 Å². The largest absolute Gasteiger partial charge is 0.493 e. The molecule has 0 aliphatic heterocycles. The van der Waals surface area contributed by atoms with Gasteiger partial charge in [0.1, 0.15) is 6.26 Å². The van der Waals surface area contributed by atoms with E-state index in [4.69, 9.17) is 28.1 Å². The van der Waals surface area contributed by atoms with Crippen LogP contribution in [0.25, 0.3) is 0 Å². The summed E-state index contributed by atoms with van der Waals surface area (Å²) in [6.07, 6.45) is 4.18. The molecule has 1 heterocycles. The average molecular weight is 412 g/mol. The Morgan fingerprint density at radius 3 is 1.97 bits per heavy atom. The lowest BCUT2D eigenvalue weighted by Gasteiger charge is -2.14. The van der Waals surface area contributed by atoms with Gasteiger partial charge in [-0.25, -0.2) is 4.79 Å². The van der Waals surface area contributed by atoms with Crippen LogP contribution in [0.2, 0.25) is 0 Å². The van der Waals surface area contributed by atoms with Crippen LogP contribution in [0.5, 0.6) is 28.7 Å². The minimum Gasteiger partial charge on any atom is -0.493 e. The zero-order valence-electron chi connectivity index (χ0n) is 17.4. The molecule has 0 unspecified atom stereocenters. The van der Waals surface area contributed by atoms with E-state index in [1.807, 2.05) is 18.2 Å². The summed E-state index contributed by atoms with van der Waals surface area (Å²) in [4.78, 5) is 12.3. The van der Waals surface area contributed by atoms with Crippen LogP contribution in [0.4, 0.5) is 0 Å². The second kappa shape index (κ2) is 9.73. The van der Waals surface area contributed by atoms with Gasteiger partial charge >= 0.3 is 5.97 Å². The van der Waals surface area contributed by atoms with Gasteiger partial charge in [0.2, 0.25) is 5.75 Å².